The van der Waals surface area contributed by atoms with Crippen LogP contribution in [0.4, 0.5) is 8.78 Å². The maximum atomic E-state index is 13.6. The number of hydrogen-bond donors (Lipinski definition) is 1. The molecule has 2 rings (SSSR count). The molecular weight excluding hydrogens is 214 g/mol. The minimum absolute atomic E-state index is 0.211. The lowest BCUT2D eigenvalue weighted by atomic mass is 10.2. The van der Waals surface area contributed by atoms with Gasteiger partial charge in [0.2, 0.25) is 0 Å². The van der Waals surface area contributed by atoms with Crippen molar-refractivity contribution >= 4 is 0 Å². The van der Waals surface area contributed by atoms with E-state index < -0.39 is 11.6 Å². The predicted octanol–water partition coefficient (Wildman–Crippen LogP) is 1.26. The van der Waals surface area contributed by atoms with E-state index in [1.807, 2.05) is 0 Å². The molecule has 6 heteroatoms. The number of nitrogens with one attached hydrogen (secondary N) is 1. The van der Waals surface area contributed by atoms with Crippen molar-refractivity contribution in [1.82, 2.24) is 20.1 Å². The maximum absolute atomic E-state index is 13.6. The third kappa shape index (κ3) is 1.92. The molecule has 4 nitrogen and oxygen atoms in total. The van der Waals surface area contributed by atoms with Gasteiger partial charge >= 0.3 is 0 Å². The Morgan fingerprint density at radius 1 is 1.31 bits per heavy atom. The highest BCUT2D eigenvalue weighted by Gasteiger charge is 2.13. The Labute approximate surface area is 90.9 Å². The van der Waals surface area contributed by atoms with Gasteiger partial charge < -0.3 is 5.32 Å². The predicted molar refractivity (Wildman–Crippen MR) is 54.0 cm³/mol. The topological polar surface area (TPSA) is 42.7 Å². The van der Waals surface area contributed by atoms with Gasteiger partial charge in [-0.05, 0) is 24.7 Å². The average Bonchev–Trinajstić information content (AvgIpc) is 2.70. The minimum atomic E-state index is -0.657. The van der Waals surface area contributed by atoms with Gasteiger partial charge in [-0.2, -0.15) is 5.10 Å². The molecule has 0 aliphatic rings. The zero-order valence-corrected chi connectivity index (χ0v) is 8.61. The van der Waals surface area contributed by atoms with E-state index >= 15 is 0 Å². The Balaban J connectivity index is 2.48. The van der Waals surface area contributed by atoms with E-state index in [0.717, 1.165) is 4.68 Å². The molecule has 16 heavy (non-hydrogen) atoms. The molecule has 0 radical (unpaired) electrons. The summed E-state index contributed by atoms with van der Waals surface area (Å²) < 4.78 is 28.3. The van der Waals surface area contributed by atoms with Crippen molar-refractivity contribution in [2.75, 3.05) is 7.05 Å². The second-order valence-corrected chi connectivity index (χ2v) is 3.28. The molecular formula is C10H10F2N4. The Morgan fingerprint density at radius 2 is 2.00 bits per heavy atom. The van der Waals surface area contributed by atoms with Crippen LogP contribution in [-0.4, -0.2) is 21.8 Å². The highest BCUT2D eigenvalue weighted by molar-refractivity contribution is 5.37. The first-order chi connectivity index (χ1) is 7.72. The van der Waals surface area contributed by atoms with Crippen LogP contribution in [0.2, 0.25) is 0 Å². The third-order valence-electron chi connectivity index (χ3n) is 2.11. The van der Waals surface area contributed by atoms with Gasteiger partial charge in [-0.25, -0.2) is 18.4 Å². The number of hydrogen-bond acceptors (Lipinski definition) is 3. The summed E-state index contributed by atoms with van der Waals surface area (Å²) in [6, 6.07) is 2.55. The first kappa shape index (κ1) is 10.7. The molecule has 0 amide bonds. The van der Waals surface area contributed by atoms with Crippen molar-refractivity contribution in [1.29, 1.82) is 0 Å². The van der Waals surface area contributed by atoms with Crippen molar-refractivity contribution in [2.45, 2.75) is 6.54 Å². The molecule has 0 bridgehead atoms. The molecule has 84 valence electrons. The number of halogens is 2. The van der Waals surface area contributed by atoms with E-state index in [2.05, 4.69) is 15.4 Å². The summed E-state index contributed by atoms with van der Waals surface area (Å²) >= 11 is 0. The van der Waals surface area contributed by atoms with Crippen LogP contribution in [0.1, 0.15) is 5.56 Å². The molecule has 1 N–H and O–H groups in total. The van der Waals surface area contributed by atoms with Crippen LogP contribution in [-0.2, 0) is 6.54 Å². The quantitative estimate of drug-likeness (QED) is 0.853. The summed E-state index contributed by atoms with van der Waals surface area (Å²) in [6.07, 6.45) is 2.47. The van der Waals surface area contributed by atoms with Crippen LogP contribution < -0.4 is 5.32 Å². The van der Waals surface area contributed by atoms with Gasteiger partial charge in [-0.15, -0.1) is 0 Å². The molecule has 0 aliphatic heterocycles. The molecule has 0 saturated heterocycles. The Hall–Kier alpha value is -1.82. The highest BCUT2D eigenvalue weighted by Crippen LogP contribution is 2.18. The number of aromatic nitrogens is 3. The number of nitrogens with zero attached hydrogens (tertiary/aromatic N) is 3. The average molecular weight is 224 g/mol. The van der Waals surface area contributed by atoms with Gasteiger partial charge in [0.25, 0.3) is 0 Å². The second kappa shape index (κ2) is 4.36. The molecule has 2 aromatic rings. The smallest absolute Gasteiger partial charge is 0.152 e. The first-order valence-corrected chi connectivity index (χ1v) is 4.70. The van der Waals surface area contributed by atoms with Crippen LogP contribution in [0.25, 0.3) is 5.69 Å². The maximum Gasteiger partial charge on any atom is 0.152 e. The zero-order valence-electron chi connectivity index (χ0n) is 8.61. The molecule has 0 unspecified atom stereocenters. The summed E-state index contributed by atoms with van der Waals surface area (Å²) in [7, 11) is 1.71. The third-order valence-corrected chi connectivity index (χ3v) is 2.11. The molecule has 0 spiro atoms. The van der Waals surface area contributed by atoms with Crippen molar-refractivity contribution in [3.05, 3.63) is 42.0 Å². The standard InChI is InChI=1S/C10H10F2N4/c1-13-4-7-2-8(11)10(9(12)3-7)16-6-14-5-15-16/h2-3,5-6,13H,4H2,1H3. The Morgan fingerprint density at radius 3 is 2.50 bits per heavy atom. The molecule has 1 aromatic heterocycles. The van der Waals surface area contributed by atoms with Crippen LogP contribution >= 0.6 is 0 Å². The Bertz CT molecular complexity index is 459. The lowest BCUT2D eigenvalue weighted by Crippen LogP contribution is -2.08. The highest BCUT2D eigenvalue weighted by atomic mass is 19.1. The number of rotatable bonds is 3. The first-order valence-electron chi connectivity index (χ1n) is 4.70. The lowest BCUT2D eigenvalue weighted by Gasteiger charge is -2.07. The largest absolute Gasteiger partial charge is 0.316 e. The lowest BCUT2D eigenvalue weighted by molar-refractivity contribution is 0.555. The van der Waals surface area contributed by atoms with E-state index in [1.54, 1.807) is 7.05 Å². The normalized spacial score (nSPS) is 10.7. The molecule has 1 heterocycles. The van der Waals surface area contributed by atoms with Crippen molar-refractivity contribution < 1.29 is 8.78 Å². The summed E-state index contributed by atoms with van der Waals surface area (Å²) in [6.45, 7) is 0.408. The number of benzene rings is 1. The minimum Gasteiger partial charge on any atom is -0.316 e. The summed E-state index contributed by atoms with van der Waals surface area (Å²) in [5, 5.41) is 6.52. The SMILES string of the molecule is CNCc1cc(F)c(-n2cncn2)c(F)c1. The van der Waals surface area contributed by atoms with E-state index in [0.29, 0.717) is 12.1 Å². The summed E-state index contributed by atoms with van der Waals surface area (Å²) in [4.78, 5) is 3.65. The summed E-state index contributed by atoms with van der Waals surface area (Å²) in [5.41, 5.74) is 0.332. The Kier molecular flexibility index (Phi) is 2.91. The second-order valence-electron chi connectivity index (χ2n) is 3.28. The van der Waals surface area contributed by atoms with Crippen molar-refractivity contribution in [2.24, 2.45) is 0 Å². The summed E-state index contributed by atoms with van der Waals surface area (Å²) in [5.74, 6) is -1.31. The fourth-order valence-electron chi connectivity index (χ4n) is 1.47. The molecule has 0 atom stereocenters. The molecule has 0 saturated carbocycles. The fraction of sp³-hybridized carbons (Fsp3) is 0.200. The van der Waals surface area contributed by atoms with Crippen molar-refractivity contribution in [3.8, 4) is 5.69 Å². The van der Waals surface area contributed by atoms with Gasteiger partial charge in [-0.3, -0.25) is 0 Å². The van der Waals surface area contributed by atoms with Gasteiger partial charge in [0.05, 0.1) is 0 Å². The molecule has 0 fully saturated rings. The monoisotopic (exact) mass is 224 g/mol. The van der Waals surface area contributed by atoms with Gasteiger partial charge in [0, 0.05) is 6.54 Å². The molecule has 0 aliphatic carbocycles. The zero-order chi connectivity index (χ0) is 11.5. The van der Waals surface area contributed by atoms with Crippen LogP contribution in [0.15, 0.2) is 24.8 Å². The van der Waals surface area contributed by atoms with E-state index in [9.17, 15) is 8.78 Å². The fourth-order valence-corrected chi connectivity index (χ4v) is 1.47. The van der Waals surface area contributed by atoms with Gasteiger partial charge in [0.15, 0.2) is 11.6 Å². The van der Waals surface area contributed by atoms with Crippen LogP contribution in [0.5, 0.6) is 0 Å². The van der Waals surface area contributed by atoms with Crippen LogP contribution in [0.3, 0.4) is 0 Å². The van der Waals surface area contributed by atoms with Gasteiger partial charge in [0.1, 0.15) is 18.3 Å². The van der Waals surface area contributed by atoms with Gasteiger partial charge in [-0.1, -0.05) is 0 Å². The van der Waals surface area contributed by atoms with E-state index in [1.165, 1.54) is 24.8 Å². The van der Waals surface area contributed by atoms with E-state index in [4.69, 9.17) is 0 Å². The van der Waals surface area contributed by atoms with E-state index in [-0.39, 0.29) is 5.69 Å². The van der Waals surface area contributed by atoms with Crippen LogP contribution in [0, 0.1) is 11.6 Å². The molecule has 1 aromatic carbocycles. The van der Waals surface area contributed by atoms with Crippen molar-refractivity contribution in [3.63, 3.8) is 0 Å².